The van der Waals surface area contributed by atoms with Crippen LogP contribution in [0.15, 0.2) is 41.3 Å². The third kappa shape index (κ3) is 3.35. The standard InChI is InChI=1S/C21H22N6O2/c1-14-19-16(12-15(13-17(19)28)18-4-2-11-29-18)25-21(24-14)27-9-7-26(8-10-27)20-22-5-3-6-23-20/h2-6,11,15H,7-10,12-13H2,1H3/t15-/m0/s1. The molecule has 2 aliphatic rings. The van der Waals surface area contributed by atoms with Crippen LogP contribution in [0.4, 0.5) is 11.9 Å². The Bertz CT molecular complexity index is 1010. The number of piperazine rings is 1. The summed E-state index contributed by atoms with van der Waals surface area (Å²) in [4.78, 5) is 35.2. The molecule has 3 aromatic heterocycles. The molecule has 29 heavy (non-hydrogen) atoms. The van der Waals surface area contributed by atoms with Crippen LogP contribution in [-0.4, -0.2) is 51.9 Å². The summed E-state index contributed by atoms with van der Waals surface area (Å²) >= 11 is 0. The fourth-order valence-corrected chi connectivity index (χ4v) is 4.19. The number of carbonyl (C=O) groups is 1. The van der Waals surface area contributed by atoms with Gasteiger partial charge in [0.25, 0.3) is 0 Å². The average Bonchev–Trinajstić information content (AvgIpc) is 3.29. The van der Waals surface area contributed by atoms with Crippen LogP contribution in [0.5, 0.6) is 0 Å². The van der Waals surface area contributed by atoms with E-state index in [9.17, 15) is 4.79 Å². The molecule has 1 aliphatic heterocycles. The van der Waals surface area contributed by atoms with Gasteiger partial charge in [-0.1, -0.05) is 0 Å². The lowest BCUT2D eigenvalue weighted by atomic mass is 9.84. The van der Waals surface area contributed by atoms with Crippen LogP contribution in [0.3, 0.4) is 0 Å². The third-order valence-electron chi connectivity index (χ3n) is 5.65. The molecule has 0 unspecified atom stereocenters. The van der Waals surface area contributed by atoms with E-state index in [1.165, 1.54) is 0 Å². The summed E-state index contributed by atoms with van der Waals surface area (Å²) in [5, 5.41) is 0. The predicted octanol–water partition coefficient (Wildman–Crippen LogP) is 2.41. The highest BCUT2D eigenvalue weighted by Crippen LogP contribution is 2.34. The molecule has 5 rings (SSSR count). The first-order valence-corrected chi connectivity index (χ1v) is 9.90. The zero-order valence-corrected chi connectivity index (χ0v) is 16.3. The van der Waals surface area contributed by atoms with Gasteiger partial charge in [0.1, 0.15) is 5.76 Å². The number of rotatable bonds is 3. The van der Waals surface area contributed by atoms with Crippen molar-refractivity contribution in [3.05, 3.63) is 59.6 Å². The minimum Gasteiger partial charge on any atom is -0.469 e. The number of aryl methyl sites for hydroxylation is 1. The van der Waals surface area contributed by atoms with E-state index >= 15 is 0 Å². The molecule has 4 heterocycles. The monoisotopic (exact) mass is 390 g/mol. The van der Waals surface area contributed by atoms with Crippen molar-refractivity contribution in [1.29, 1.82) is 0 Å². The second-order valence-electron chi connectivity index (χ2n) is 7.50. The number of fused-ring (bicyclic) bond motifs is 1. The topological polar surface area (TPSA) is 88.3 Å². The van der Waals surface area contributed by atoms with Crippen molar-refractivity contribution in [1.82, 2.24) is 19.9 Å². The Kier molecular flexibility index (Phi) is 4.46. The van der Waals surface area contributed by atoms with E-state index < -0.39 is 0 Å². The molecule has 0 saturated carbocycles. The predicted molar refractivity (Wildman–Crippen MR) is 107 cm³/mol. The molecule has 1 atom stereocenters. The molecule has 1 saturated heterocycles. The maximum absolute atomic E-state index is 12.7. The van der Waals surface area contributed by atoms with E-state index in [1.54, 1.807) is 18.7 Å². The Morgan fingerprint density at radius 1 is 0.966 bits per heavy atom. The summed E-state index contributed by atoms with van der Waals surface area (Å²) in [7, 11) is 0. The maximum Gasteiger partial charge on any atom is 0.225 e. The second kappa shape index (κ2) is 7.27. The largest absolute Gasteiger partial charge is 0.469 e. The van der Waals surface area contributed by atoms with E-state index in [-0.39, 0.29) is 11.7 Å². The normalized spacial score (nSPS) is 19.3. The Hall–Kier alpha value is -3.29. The number of Topliss-reactive ketones (excluding diaryl/α,β-unsaturated/α-hetero) is 1. The first-order chi connectivity index (χ1) is 14.2. The fourth-order valence-electron chi connectivity index (χ4n) is 4.19. The van der Waals surface area contributed by atoms with Crippen LogP contribution >= 0.6 is 0 Å². The minimum atomic E-state index is 0.0410. The Morgan fingerprint density at radius 3 is 2.38 bits per heavy atom. The lowest BCUT2D eigenvalue weighted by Gasteiger charge is -2.35. The number of anilines is 2. The molecule has 0 spiro atoms. The molecular weight excluding hydrogens is 368 g/mol. The van der Waals surface area contributed by atoms with Crippen LogP contribution in [0.1, 0.15) is 39.8 Å². The van der Waals surface area contributed by atoms with Crippen LogP contribution in [0.25, 0.3) is 0 Å². The van der Waals surface area contributed by atoms with Crippen molar-refractivity contribution in [2.24, 2.45) is 0 Å². The van der Waals surface area contributed by atoms with E-state index in [2.05, 4.69) is 24.8 Å². The molecule has 148 valence electrons. The summed E-state index contributed by atoms with van der Waals surface area (Å²) in [6, 6.07) is 5.62. The second-order valence-corrected chi connectivity index (χ2v) is 7.50. The maximum atomic E-state index is 12.7. The SMILES string of the molecule is Cc1nc(N2CCN(c3ncccn3)CC2)nc2c1C(=O)C[C@@H](c1ccco1)C2. The lowest BCUT2D eigenvalue weighted by Crippen LogP contribution is -2.48. The molecule has 1 fully saturated rings. The molecule has 0 N–H and O–H groups in total. The van der Waals surface area contributed by atoms with E-state index in [0.717, 1.165) is 49.3 Å². The van der Waals surface area contributed by atoms with Crippen LogP contribution < -0.4 is 9.80 Å². The first-order valence-electron chi connectivity index (χ1n) is 9.90. The van der Waals surface area contributed by atoms with Gasteiger partial charge in [-0.25, -0.2) is 19.9 Å². The first kappa shape index (κ1) is 17.8. The number of aromatic nitrogens is 4. The molecule has 8 nitrogen and oxygen atoms in total. The minimum absolute atomic E-state index is 0.0410. The number of hydrogen-bond acceptors (Lipinski definition) is 8. The van der Waals surface area contributed by atoms with Gasteiger partial charge in [-0.15, -0.1) is 0 Å². The summed E-state index contributed by atoms with van der Waals surface area (Å²) in [6.07, 6.45) is 6.32. The van der Waals surface area contributed by atoms with Crippen molar-refractivity contribution >= 4 is 17.7 Å². The van der Waals surface area contributed by atoms with Crippen molar-refractivity contribution in [2.75, 3.05) is 36.0 Å². The smallest absolute Gasteiger partial charge is 0.225 e. The summed E-state index contributed by atoms with van der Waals surface area (Å²) in [6.45, 7) is 5.08. The van der Waals surface area contributed by atoms with E-state index in [4.69, 9.17) is 9.40 Å². The summed E-state index contributed by atoms with van der Waals surface area (Å²) in [5.41, 5.74) is 2.29. The Balaban J connectivity index is 1.37. The van der Waals surface area contributed by atoms with Crippen LogP contribution in [-0.2, 0) is 6.42 Å². The van der Waals surface area contributed by atoms with Crippen molar-refractivity contribution in [3.63, 3.8) is 0 Å². The zero-order valence-electron chi connectivity index (χ0n) is 16.3. The van der Waals surface area contributed by atoms with Crippen molar-refractivity contribution < 1.29 is 9.21 Å². The number of furan rings is 1. The zero-order chi connectivity index (χ0) is 19.8. The van der Waals surface area contributed by atoms with Crippen molar-refractivity contribution in [3.8, 4) is 0 Å². The number of carbonyl (C=O) groups excluding carboxylic acids is 1. The molecule has 0 aromatic carbocycles. The van der Waals surface area contributed by atoms with Crippen molar-refractivity contribution in [2.45, 2.75) is 25.7 Å². The molecule has 3 aromatic rings. The van der Waals surface area contributed by atoms with Gasteiger partial charge < -0.3 is 14.2 Å². The van der Waals surface area contributed by atoms with Crippen LogP contribution in [0.2, 0.25) is 0 Å². The highest BCUT2D eigenvalue weighted by atomic mass is 16.3. The molecule has 1 aliphatic carbocycles. The van der Waals surface area contributed by atoms with Gasteiger partial charge in [0.05, 0.1) is 23.2 Å². The molecule has 0 amide bonds. The molecule has 0 radical (unpaired) electrons. The summed E-state index contributed by atoms with van der Waals surface area (Å²) < 4.78 is 5.54. The van der Waals surface area contributed by atoms with Gasteiger partial charge in [0, 0.05) is 57.3 Å². The van der Waals surface area contributed by atoms with Gasteiger partial charge >= 0.3 is 0 Å². The fraction of sp³-hybridized carbons (Fsp3) is 0.381. The van der Waals surface area contributed by atoms with Gasteiger partial charge in [-0.2, -0.15) is 0 Å². The quantitative estimate of drug-likeness (QED) is 0.674. The number of ketones is 1. The van der Waals surface area contributed by atoms with Gasteiger partial charge in [0.15, 0.2) is 5.78 Å². The van der Waals surface area contributed by atoms with E-state index in [1.807, 2.05) is 25.1 Å². The Morgan fingerprint density at radius 2 is 1.69 bits per heavy atom. The van der Waals surface area contributed by atoms with Gasteiger partial charge in [-0.3, -0.25) is 4.79 Å². The molecule has 8 heteroatoms. The summed E-state index contributed by atoms with van der Waals surface area (Å²) in [5.74, 6) is 2.43. The lowest BCUT2D eigenvalue weighted by molar-refractivity contribution is 0.0958. The van der Waals surface area contributed by atoms with Gasteiger partial charge in [-0.05, 0) is 25.1 Å². The molecule has 0 bridgehead atoms. The number of nitrogens with zero attached hydrogens (tertiary/aromatic N) is 6. The molecular formula is C21H22N6O2. The number of hydrogen-bond donors (Lipinski definition) is 0. The third-order valence-corrected chi connectivity index (χ3v) is 5.65. The van der Waals surface area contributed by atoms with Gasteiger partial charge in [0.2, 0.25) is 11.9 Å². The Labute approximate surface area is 168 Å². The average molecular weight is 390 g/mol. The van der Waals surface area contributed by atoms with E-state index in [0.29, 0.717) is 24.4 Å². The highest BCUT2D eigenvalue weighted by Gasteiger charge is 2.32. The van der Waals surface area contributed by atoms with Crippen LogP contribution in [0, 0.1) is 6.92 Å². The highest BCUT2D eigenvalue weighted by molar-refractivity contribution is 5.99.